The lowest BCUT2D eigenvalue weighted by Crippen LogP contribution is -2.03. The van der Waals surface area contributed by atoms with Gasteiger partial charge in [-0.1, -0.05) is 36.0 Å². The Morgan fingerprint density at radius 1 is 1.00 bits per heavy atom. The maximum Gasteiger partial charge on any atom is 0.0154 e. The van der Waals surface area contributed by atoms with Crippen LogP contribution in [0.15, 0.2) is 52.3 Å². The molecule has 0 radical (unpaired) electrons. The second-order valence-electron chi connectivity index (χ2n) is 4.49. The molecule has 0 aliphatic carbocycles. The van der Waals surface area contributed by atoms with E-state index in [2.05, 4.69) is 56.3 Å². The molecule has 0 heterocycles. The molecule has 18 heavy (non-hydrogen) atoms. The third-order valence-corrected chi connectivity index (χ3v) is 4.20. The maximum atomic E-state index is 5.66. The molecule has 0 fully saturated rings. The van der Waals surface area contributed by atoms with Crippen LogP contribution in [0.1, 0.15) is 16.7 Å². The Balaban J connectivity index is 2.25. The van der Waals surface area contributed by atoms with Gasteiger partial charge in [-0.15, -0.1) is 0 Å². The van der Waals surface area contributed by atoms with Gasteiger partial charge in [-0.3, -0.25) is 0 Å². The van der Waals surface area contributed by atoms with Gasteiger partial charge in [0.05, 0.1) is 0 Å². The summed E-state index contributed by atoms with van der Waals surface area (Å²) in [6, 6.07) is 15.1. The zero-order valence-electron chi connectivity index (χ0n) is 10.9. The highest BCUT2D eigenvalue weighted by atomic mass is 32.2. The molecule has 1 nitrogen and oxygen atoms in total. The molecule has 0 aliphatic heterocycles. The average Bonchev–Trinajstić information content (AvgIpc) is 2.37. The molecule has 0 atom stereocenters. The molecule has 0 saturated carbocycles. The van der Waals surface area contributed by atoms with Crippen LogP contribution in [0, 0.1) is 13.8 Å². The van der Waals surface area contributed by atoms with Gasteiger partial charge in [0.2, 0.25) is 0 Å². The summed E-state index contributed by atoms with van der Waals surface area (Å²) in [6.45, 7) is 5.00. The SMILES string of the molecule is Cc1ccc(Sc2ccccc2CCN)cc1C. The molecule has 0 amide bonds. The molecule has 94 valence electrons. The highest BCUT2D eigenvalue weighted by molar-refractivity contribution is 7.99. The van der Waals surface area contributed by atoms with E-state index >= 15 is 0 Å². The van der Waals surface area contributed by atoms with Gasteiger partial charge in [0, 0.05) is 9.79 Å². The summed E-state index contributed by atoms with van der Waals surface area (Å²) in [6.07, 6.45) is 0.939. The Morgan fingerprint density at radius 3 is 2.50 bits per heavy atom. The highest BCUT2D eigenvalue weighted by Gasteiger charge is 2.04. The van der Waals surface area contributed by atoms with Crippen LogP contribution in [0.2, 0.25) is 0 Å². The molecule has 2 aromatic rings. The quantitative estimate of drug-likeness (QED) is 0.897. The van der Waals surface area contributed by atoms with E-state index in [-0.39, 0.29) is 0 Å². The summed E-state index contributed by atoms with van der Waals surface area (Å²) in [5.74, 6) is 0. The van der Waals surface area contributed by atoms with Crippen LogP contribution in [-0.2, 0) is 6.42 Å². The highest BCUT2D eigenvalue weighted by Crippen LogP contribution is 2.31. The summed E-state index contributed by atoms with van der Waals surface area (Å²) in [5.41, 5.74) is 9.68. The normalized spacial score (nSPS) is 10.6. The number of aryl methyl sites for hydroxylation is 2. The first kappa shape index (κ1) is 13.2. The molecular weight excluding hydrogens is 238 g/mol. The minimum atomic E-state index is 0.699. The first-order valence-corrected chi connectivity index (χ1v) is 7.05. The van der Waals surface area contributed by atoms with Crippen molar-refractivity contribution in [2.45, 2.75) is 30.1 Å². The number of hydrogen-bond donors (Lipinski definition) is 1. The Hall–Kier alpha value is -1.25. The molecule has 2 N–H and O–H groups in total. The number of nitrogens with two attached hydrogens (primary N) is 1. The van der Waals surface area contributed by atoms with Crippen LogP contribution in [0.5, 0.6) is 0 Å². The molecule has 0 spiro atoms. The van der Waals surface area contributed by atoms with Gasteiger partial charge >= 0.3 is 0 Å². The molecule has 2 heteroatoms. The van der Waals surface area contributed by atoms with E-state index in [0.717, 1.165) is 6.42 Å². The van der Waals surface area contributed by atoms with Gasteiger partial charge in [-0.05, 0) is 61.7 Å². The van der Waals surface area contributed by atoms with Gasteiger partial charge in [0.25, 0.3) is 0 Å². The van der Waals surface area contributed by atoms with Crippen molar-refractivity contribution < 1.29 is 0 Å². The van der Waals surface area contributed by atoms with Crippen LogP contribution >= 0.6 is 11.8 Å². The van der Waals surface area contributed by atoms with E-state index in [1.165, 1.54) is 26.5 Å². The molecular formula is C16H19NS. The standard InChI is InChI=1S/C16H19NS/c1-12-7-8-15(11-13(12)2)18-16-6-4-3-5-14(16)9-10-17/h3-8,11H,9-10,17H2,1-2H3. The van der Waals surface area contributed by atoms with E-state index in [4.69, 9.17) is 5.73 Å². The largest absolute Gasteiger partial charge is 0.330 e. The smallest absolute Gasteiger partial charge is 0.0154 e. The second-order valence-corrected chi connectivity index (χ2v) is 5.61. The lowest BCUT2D eigenvalue weighted by molar-refractivity contribution is 0.944. The monoisotopic (exact) mass is 257 g/mol. The fraction of sp³-hybridized carbons (Fsp3) is 0.250. The summed E-state index contributed by atoms with van der Waals surface area (Å²) >= 11 is 1.82. The maximum absolute atomic E-state index is 5.66. The Labute approximate surface area is 113 Å². The zero-order valence-corrected chi connectivity index (χ0v) is 11.8. The van der Waals surface area contributed by atoms with Crippen molar-refractivity contribution in [2.24, 2.45) is 5.73 Å². The fourth-order valence-corrected chi connectivity index (χ4v) is 2.94. The first-order valence-electron chi connectivity index (χ1n) is 6.24. The molecule has 0 unspecified atom stereocenters. The number of benzene rings is 2. The van der Waals surface area contributed by atoms with Crippen molar-refractivity contribution in [1.82, 2.24) is 0 Å². The van der Waals surface area contributed by atoms with Gasteiger partial charge in [0.1, 0.15) is 0 Å². The summed E-state index contributed by atoms with van der Waals surface area (Å²) in [5, 5.41) is 0. The summed E-state index contributed by atoms with van der Waals surface area (Å²) in [4.78, 5) is 2.61. The Bertz CT molecular complexity index is 534. The first-order chi connectivity index (χ1) is 8.70. The summed E-state index contributed by atoms with van der Waals surface area (Å²) < 4.78 is 0. The lowest BCUT2D eigenvalue weighted by Gasteiger charge is -2.09. The minimum Gasteiger partial charge on any atom is -0.330 e. The third kappa shape index (κ3) is 3.15. The lowest BCUT2D eigenvalue weighted by atomic mass is 10.1. The predicted octanol–water partition coefficient (Wildman–Crippen LogP) is 3.96. The van der Waals surface area contributed by atoms with Gasteiger partial charge in [-0.2, -0.15) is 0 Å². The minimum absolute atomic E-state index is 0.699. The summed E-state index contributed by atoms with van der Waals surface area (Å²) in [7, 11) is 0. The van der Waals surface area contributed by atoms with Crippen LogP contribution in [0.25, 0.3) is 0 Å². The Morgan fingerprint density at radius 2 is 1.78 bits per heavy atom. The molecule has 0 aliphatic rings. The average molecular weight is 257 g/mol. The van der Waals surface area contributed by atoms with Crippen molar-refractivity contribution in [3.05, 3.63) is 59.2 Å². The molecule has 2 aromatic carbocycles. The number of rotatable bonds is 4. The van der Waals surface area contributed by atoms with Crippen LogP contribution in [0.3, 0.4) is 0 Å². The van der Waals surface area contributed by atoms with Crippen molar-refractivity contribution in [3.8, 4) is 0 Å². The predicted molar refractivity (Wildman–Crippen MR) is 79.2 cm³/mol. The van der Waals surface area contributed by atoms with Gasteiger partial charge in [-0.25, -0.2) is 0 Å². The van der Waals surface area contributed by atoms with Crippen molar-refractivity contribution in [3.63, 3.8) is 0 Å². The zero-order chi connectivity index (χ0) is 13.0. The van der Waals surface area contributed by atoms with E-state index in [1.807, 2.05) is 11.8 Å². The van der Waals surface area contributed by atoms with Crippen molar-refractivity contribution >= 4 is 11.8 Å². The topological polar surface area (TPSA) is 26.0 Å². The van der Waals surface area contributed by atoms with Gasteiger partial charge in [0.15, 0.2) is 0 Å². The number of hydrogen-bond acceptors (Lipinski definition) is 2. The van der Waals surface area contributed by atoms with E-state index < -0.39 is 0 Å². The van der Waals surface area contributed by atoms with Crippen molar-refractivity contribution in [1.29, 1.82) is 0 Å². The Kier molecular flexibility index (Phi) is 4.45. The van der Waals surface area contributed by atoms with Crippen LogP contribution < -0.4 is 5.73 Å². The van der Waals surface area contributed by atoms with E-state index in [1.54, 1.807) is 0 Å². The van der Waals surface area contributed by atoms with Crippen LogP contribution in [0.4, 0.5) is 0 Å². The molecule has 0 aromatic heterocycles. The second kappa shape index (κ2) is 6.07. The van der Waals surface area contributed by atoms with E-state index in [9.17, 15) is 0 Å². The van der Waals surface area contributed by atoms with Crippen molar-refractivity contribution in [2.75, 3.05) is 6.54 Å². The molecule has 0 bridgehead atoms. The fourth-order valence-electron chi connectivity index (χ4n) is 1.87. The third-order valence-electron chi connectivity index (χ3n) is 3.09. The molecule has 2 rings (SSSR count). The van der Waals surface area contributed by atoms with E-state index in [0.29, 0.717) is 6.54 Å². The van der Waals surface area contributed by atoms with Gasteiger partial charge < -0.3 is 5.73 Å². The molecule has 0 saturated heterocycles. The van der Waals surface area contributed by atoms with Crippen LogP contribution in [-0.4, -0.2) is 6.54 Å².